The standard InChI is InChI=1S/C26H24N2O5S/c1-18-5-4-6-21(15-18)34(31,32)27-20-11-9-19(10-12-20)25(30)28-14-13-26(17-28)16-23(29)22-7-2-3-8-24(22)33-26/h2-12,15,27H,13-14,16-17H2,1H3. The molecule has 7 nitrogen and oxygen atoms in total. The van der Waals surface area contributed by atoms with E-state index < -0.39 is 15.6 Å². The molecule has 2 heterocycles. The van der Waals surface area contributed by atoms with Crippen LogP contribution in [0.3, 0.4) is 0 Å². The van der Waals surface area contributed by atoms with Crippen molar-refractivity contribution in [2.75, 3.05) is 17.8 Å². The fourth-order valence-electron chi connectivity index (χ4n) is 4.55. The Balaban J connectivity index is 1.28. The van der Waals surface area contributed by atoms with Gasteiger partial charge in [-0.1, -0.05) is 24.3 Å². The van der Waals surface area contributed by atoms with E-state index in [2.05, 4.69) is 4.72 Å². The van der Waals surface area contributed by atoms with Crippen molar-refractivity contribution in [1.29, 1.82) is 0 Å². The number of sulfonamides is 1. The Morgan fingerprint density at radius 3 is 2.56 bits per heavy atom. The summed E-state index contributed by atoms with van der Waals surface area (Å²) in [7, 11) is -3.73. The number of Topliss-reactive ketones (excluding diaryl/α,β-unsaturated/α-hetero) is 1. The van der Waals surface area contributed by atoms with E-state index in [1.165, 1.54) is 6.07 Å². The van der Waals surface area contributed by atoms with E-state index in [4.69, 9.17) is 4.74 Å². The van der Waals surface area contributed by atoms with Gasteiger partial charge < -0.3 is 9.64 Å². The number of carbonyl (C=O) groups excluding carboxylic acids is 2. The number of ether oxygens (including phenoxy) is 1. The highest BCUT2D eigenvalue weighted by molar-refractivity contribution is 7.92. The highest BCUT2D eigenvalue weighted by Gasteiger charge is 2.47. The Hall–Kier alpha value is -3.65. The topological polar surface area (TPSA) is 92.8 Å². The second-order valence-electron chi connectivity index (χ2n) is 8.86. The maximum Gasteiger partial charge on any atom is 0.261 e. The number of rotatable bonds is 4. The van der Waals surface area contributed by atoms with Crippen LogP contribution in [0.5, 0.6) is 5.75 Å². The summed E-state index contributed by atoms with van der Waals surface area (Å²) in [4.78, 5) is 27.6. The van der Waals surface area contributed by atoms with Crippen molar-refractivity contribution >= 4 is 27.4 Å². The third kappa shape index (κ3) is 4.17. The maximum absolute atomic E-state index is 13.1. The van der Waals surface area contributed by atoms with Crippen LogP contribution in [-0.2, 0) is 10.0 Å². The molecule has 1 saturated heterocycles. The van der Waals surface area contributed by atoms with E-state index >= 15 is 0 Å². The predicted octanol–water partition coefficient (Wildman–Crippen LogP) is 4.05. The average Bonchev–Trinajstić information content (AvgIpc) is 3.21. The Kier molecular flexibility index (Phi) is 5.40. The number of fused-ring (bicyclic) bond motifs is 1. The van der Waals surface area contributed by atoms with Crippen LogP contribution in [0, 0.1) is 6.92 Å². The maximum atomic E-state index is 13.1. The van der Waals surface area contributed by atoms with Crippen LogP contribution in [-0.4, -0.2) is 43.7 Å². The monoisotopic (exact) mass is 476 g/mol. The van der Waals surface area contributed by atoms with Gasteiger partial charge in [-0.3, -0.25) is 14.3 Å². The Morgan fingerprint density at radius 1 is 1.03 bits per heavy atom. The van der Waals surface area contributed by atoms with E-state index in [0.29, 0.717) is 42.1 Å². The molecule has 0 bridgehead atoms. The summed E-state index contributed by atoms with van der Waals surface area (Å²) in [6, 6.07) is 20.2. The third-order valence-corrected chi connectivity index (χ3v) is 7.66. The summed E-state index contributed by atoms with van der Waals surface area (Å²) >= 11 is 0. The van der Waals surface area contributed by atoms with Crippen molar-refractivity contribution in [3.8, 4) is 5.75 Å². The summed E-state index contributed by atoms with van der Waals surface area (Å²) in [5, 5.41) is 0. The first-order valence-electron chi connectivity index (χ1n) is 11.0. The molecule has 5 rings (SSSR count). The van der Waals surface area contributed by atoms with Crippen LogP contribution >= 0.6 is 0 Å². The molecular weight excluding hydrogens is 452 g/mol. The van der Waals surface area contributed by atoms with Gasteiger partial charge in [0, 0.05) is 24.2 Å². The van der Waals surface area contributed by atoms with Crippen molar-refractivity contribution in [3.63, 3.8) is 0 Å². The average molecular weight is 477 g/mol. The number of aryl methyl sites for hydroxylation is 1. The number of likely N-dealkylation sites (tertiary alicyclic amines) is 1. The summed E-state index contributed by atoms with van der Waals surface area (Å²) in [6.45, 7) is 2.64. The molecule has 1 spiro atoms. The molecule has 3 aromatic rings. The molecule has 8 heteroatoms. The minimum atomic E-state index is -3.73. The number of ketones is 1. The number of carbonyl (C=O) groups is 2. The fraction of sp³-hybridized carbons (Fsp3) is 0.231. The van der Waals surface area contributed by atoms with E-state index in [0.717, 1.165) is 5.56 Å². The summed E-state index contributed by atoms with van der Waals surface area (Å²) in [6.07, 6.45) is 0.820. The number of nitrogens with one attached hydrogen (secondary N) is 1. The zero-order valence-corrected chi connectivity index (χ0v) is 19.5. The largest absolute Gasteiger partial charge is 0.484 e. The van der Waals surface area contributed by atoms with Gasteiger partial charge in [0.15, 0.2) is 5.78 Å². The van der Waals surface area contributed by atoms with Gasteiger partial charge in [-0.2, -0.15) is 0 Å². The molecule has 0 radical (unpaired) electrons. The number of benzene rings is 3. The molecule has 1 atom stereocenters. The number of anilines is 1. The molecule has 0 aromatic heterocycles. The first-order valence-corrected chi connectivity index (χ1v) is 12.5. The van der Waals surface area contributed by atoms with Crippen LogP contribution in [0.2, 0.25) is 0 Å². The summed E-state index contributed by atoms with van der Waals surface area (Å²) < 4.78 is 34.0. The highest BCUT2D eigenvalue weighted by atomic mass is 32.2. The molecule has 1 unspecified atom stereocenters. The van der Waals surface area contributed by atoms with E-state index in [1.54, 1.807) is 53.4 Å². The van der Waals surface area contributed by atoms with Crippen LogP contribution in [0.1, 0.15) is 39.1 Å². The molecule has 174 valence electrons. The zero-order valence-electron chi connectivity index (χ0n) is 18.7. The highest BCUT2D eigenvalue weighted by Crippen LogP contribution is 2.39. The smallest absolute Gasteiger partial charge is 0.261 e. The molecule has 0 aliphatic carbocycles. The van der Waals surface area contributed by atoms with Gasteiger partial charge in [-0.15, -0.1) is 0 Å². The number of hydrogen-bond donors (Lipinski definition) is 1. The van der Waals surface area contributed by atoms with Crippen LogP contribution in [0.4, 0.5) is 5.69 Å². The number of nitrogens with zero attached hydrogens (tertiary/aromatic N) is 1. The lowest BCUT2D eigenvalue weighted by Gasteiger charge is -2.34. The fourth-order valence-corrected chi connectivity index (χ4v) is 5.71. The minimum Gasteiger partial charge on any atom is -0.484 e. The van der Waals surface area contributed by atoms with Gasteiger partial charge in [0.05, 0.1) is 23.4 Å². The molecule has 2 aliphatic heterocycles. The normalized spacial score (nSPS) is 19.6. The summed E-state index contributed by atoms with van der Waals surface area (Å²) in [5.41, 5.74) is 1.54. The zero-order chi connectivity index (χ0) is 23.9. The Labute approximate surface area is 198 Å². The van der Waals surface area contributed by atoms with E-state index in [9.17, 15) is 18.0 Å². The molecule has 1 fully saturated rings. The number of hydrogen-bond acceptors (Lipinski definition) is 5. The molecule has 1 N–H and O–H groups in total. The third-order valence-electron chi connectivity index (χ3n) is 6.28. The van der Waals surface area contributed by atoms with Crippen molar-refractivity contribution in [2.45, 2.75) is 30.3 Å². The molecule has 3 aromatic carbocycles. The summed E-state index contributed by atoms with van der Waals surface area (Å²) in [5.74, 6) is 0.416. The quantitative estimate of drug-likeness (QED) is 0.613. The van der Waals surface area contributed by atoms with Crippen LogP contribution < -0.4 is 9.46 Å². The molecule has 0 saturated carbocycles. The van der Waals surface area contributed by atoms with Gasteiger partial charge in [0.1, 0.15) is 11.4 Å². The first-order chi connectivity index (χ1) is 16.2. The van der Waals surface area contributed by atoms with Crippen molar-refractivity contribution in [2.24, 2.45) is 0 Å². The van der Waals surface area contributed by atoms with Gasteiger partial charge in [0.2, 0.25) is 0 Å². The lowest BCUT2D eigenvalue weighted by Crippen LogP contribution is -2.45. The Morgan fingerprint density at radius 2 is 1.79 bits per heavy atom. The molecule has 1 amide bonds. The molecule has 34 heavy (non-hydrogen) atoms. The number of para-hydroxylation sites is 1. The Bertz CT molecular complexity index is 1380. The first kappa shape index (κ1) is 22.2. The molecular formula is C26H24N2O5S. The van der Waals surface area contributed by atoms with Crippen LogP contribution in [0.25, 0.3) is 0 Å². The van der Waals surface area contributed by atoms with E-state index in [1.807, 2.05) is 25.1 Å². The number of amides is 1. The SMILES string of the molecule is Cc1cccc(S(=O)(=O)Nc2ccc(C(=O)N3CCC4(CC(=O)c5ccccc5O4)C3)cc2)c1. The van der Waals surface area contributed by atoms with Gasteiger partial charge >= 0.3 is 0 Å². The minimum absolute atomic E-state index is 0.0291. The van der Waals surface area contributed by atoms with Gasteiger partial charge in [-0.05, 0) is 61.0 Å². The van der Waals surface area contributed by atoms with Crippen molar-refractivity contribution < 1.29 is 22.7 Å². The van der Waals surface area contributed by atoms with Crippen LogP contribution in [0.15, 0.2) is 77.7 Å². The lowest BCUT2D eigenvalue weighted by atomic mass is 9.89. The second kappa shape index (κ2) is 8.29. The van der Waals surface area contributed by atoms with Gasteiger partial charge in [0.25, 0.3) is 15.9 Å². The lowest BCUT2D eigenvalue weighted by molar-refractivity contribution is 0.0428. The van der Waals surface area contributed by atoms with Gasteiger partial charge in [-0.25, -0.2) is 8.42 Å². The van der Waals surface area contributed by atoms with Crippen molar-refractivity contribution in [1.82, 2.24) is 4.90 Å². The molecule has 2 aliphatic rings. The van der Waals surface area contributed by atoms with E-state index in [-0.39, 0.29) is 23.0 Å². The predicted molar refractivity (Wildman–Crippen MR) is 128 cm³/mol. The second-order valence-corrected chi connectivity index (χ2v) is 10.5. The van der Waals surface area contributed by atoms with Crippen molar-refractivity contribution in [3.05, 3.63) is 89.5 Å².